The molecule has 17 heavy (non-hydrogen) atoms. The van der Waals surface area contributed by atoms with Gasteiger partial charge in [0.1, 0.15) is 0 Å². The van der Waals surface area contributed by atoms with Gasteiger partial charge in [0.05, 0.1) is 5.56 Å². The summed E-state index contributed by atoms with van der Waals surface area (Å²) in [6.45, 7) is 4.05. The van der Waals surface area contributed by atoms with Crippen LogP contribution in [0.4, 0.5) is 0 Å². The van der Waals surface area contributed by atoms with Gasteiger partial charge in [-0.15, -0.1) is 10.2 Å². The fourth-order valence-corrected chi connectivity index (χ4v) is 1.50. The molecule has 0 aliphatic rings. The number of nitrogens with one attached hydrogen (secondary N) is 1. The molecule has 2 heterocycles. The Kier molecular flexibility index (Phi) is 4.21. The van der Waals surface area contributed by atoms with Gasteiger partial charge in [-0.05, 0) is 31.6 Å². The predicted octanol–water partition coefficient (Wildman–Crippen LogP) is 1.67. The minimum Gasteiger partial charge on any atom is -0.421 e. The Labute approximate surface area is 100 Å². The van der Waals surface area contributed by atoms with Crippen LogP contribution in [0.25, 0.3) is 11.5 Å². The van der Waals surface area contributed by atoms with Crippen molar-refractivity contribution in [1.29, 1.82) is 0 Å². The Hall–Kier alpha value is -1.75. The molecule has 0 atom stereocenters. The Morgan fingerprint density at radius 2 is 2.29 bits per heavy atom. The van der Waals surface area contributed by atoms with Gasteiger partial charge in [0.15, 0.2) is 0 Å². The first-order valence-corrected chi connectivity index (χ1v) is 5.83. The van der Waals surface area contributed by atoms with Crippen molar-refractivity contribution >= 4 is 0 Å². The monoisotopic (exact) mass is 232 g/mol. The van der Waals surface area contributed by atoms with Crippen LogP contribution in [0.5, 0.6) is 0 Å². The van der Waals surface area contributed by atoms with Crippen molar-refractivity contribution in [3.63, 3.8) is 0 Å². The smallest absolute Gasteiger partial charge is 0.249 e. The van der Waals surface area contributed by atoms with Gasteiger partial charge in [0.25, 0.3) is 0 Å². The summed E-state index contributed by atoms with van der Waals surface area (Å²) < 4.78 is 5.56. The van der Waals surface area contributed by atoms with E-state index in [2.05, 4.69) is 27.4 Å². The fourth-order valence-electron chi connectivity index (χ4n) is 1.50. The van der Waals surface area contributed by atoms with E-state index in [-0.39, 0.29) is 0 Å². The van der Waals surface area contributed by atoms with Crippen LogP contribution >= 0.6 is 0 Å². The van der Waals surface area contributed by atoms with E-state index in [1.165, 1.54) is 0 Å². The van der Waals surface area contributed by atoms with E-state index in [1.807, 2.05) is 12.1 Å². The van der Waals surface area contributed by atoms with Crippen LogP contribution in [0, 0.1) is 0 Å². The van der Waals surface area contributed by atoms with Crippen LogP contribution in [0.1, 0.15) is 19.2 Å². The minimum absolute atomic E-state index is 0.538. The summed E-state index contributed by atoms with van der Waals surface area (Å²) in [4.78, 5) is 4.02. The SMILES string of the molecule is CCNCCCc1nnc(-c2cccnc2)o1. The Morgan fingerprint density at radius 1 is 1.35 bits per heavy atom. The molecule has 1 N–H and O–H groups in total. The lowest BCUT2D eigenvalue weighted by Gasteiger charge is -1.97. The molecule has 90 valence electrons. The lowest BCUT2D eigenvalue weighted by atomic mass is 10.3. The second-order valence-corrected chi connectivity index (χ2v) is 3.70. The third kappa shape index (κ3) is 3.35. The molecule has 5 nitrogen and oxygen atoms in total. The Balaban J connectivity index is 1.92. The number of pyridine rings is 1. The van der Waals surface area contributed by atoms with Crippen molar-refractivity contribution in [3.05, 3.63) is 30.4 Å². The van der Waals surface area contributed by atoms with Crippen LogP contribution in [0.2, 0.25) is 0 Å². The number of nitrogens with zero attached hydrogens (tertiary/aromatic N) is 3. The van der Waals surface area contributed by atoms with Crippen LogP contribution in [-0.2, 0) is 6.42 Å². The van der Waals surface area contributed by atoms with Crippen molar-refractivity contribution < 1.29 is 4.42 Å². The maximum Gasteiger partial charge on any atom is 0.249 e. The zero-order valence-corrected chi connectivity index (χ0v) is 9.89. The Bertz CT molecular complexity index is 441. The van der Waals surface area contributed by atoms with Crippen molar-refractivity contribution in [2.45, 2.75) is 19.8 Å². The predicted molar refractivity (Wildman–Crippen MR) is 64.4 cm³/mol. The first kappa shape index (κ1) is 11.7. The van der Waals surface area contributed by atoms with Gasteiger partial charge >= 0.3 is 0 Å². The van der Waals surface area contributed by atoms with Gasteiger partial charge in [-0.2, -0.15) is 0 Å². The molecule has 2 aromatic heterocycles. The standard InChI is InChI=1S/C12H16N4O/c1-2-13-7-4-6-11-15-16-12(17-11)10-5-3-8-14-9-10/h3,5,8-9,13H,2,4,6-7H2,1H3. The van der Waals surface area contributed by atoms with E-state index in [4.69, 9.17) is 4.42 Å². The molecular formula is C12H16N4O. The fraction of sp³-hybridized carbons (Fsp3) is 0.417. The van der Waals surface area contributed by atoms with E-state index in [0.29, 0.717) is 11.8 Å². The lowest BCUT2D eigenvalue weighted by Crippen LogP contribution is -2.14. The third-order valence-electron chi connectivity index (χ3n) is 2.37. The van der Waals surface area contributed by atoms with E-state index in [9.17, 15) is 0 Å². The van der Waals surface area contributed by atoms with Gasteiger partial charge in [0.2, 0.25) is 11.8 Å². The molecule has 0 unspecified atom stereocenters. The topological polar surface area (TPSA) is 63.8 Å². The average molecular weight is 232 g/mol. The molecule has 0 fully saturated rings. The molecule has 2 aromatic rings. The van der Waals surface area contributed by atoms with Crippen molar-refractivity contribution in [1.82, 2.24) is 20.5 Å². The number of aryl methyl sites for hydroxylation is 1. The van der Waals surface area contributed by atoms with E-state index in [1.54, 1.807) is 12.4 Å². The number of aromatic nitrogens is 3. The number of hydrogen-bond acceptors (Lipinski definition) is 5. The summed E-state index contributed by atoms with van der Waals surface area (Å²) in [5, 5.41) is 11.3. The van der Waals surface area contributed by atoms with E-state index >= 15 is 0 Å². The molecule has 0 aliphatic carbocycles. The maximum atomic E-state index is 5.56. The second kappa shape index (κ2) is 6.10. The zero-order valence-electron chi connectivity index (χ0n) is 9.89. The molecule has 5 heteroatoms. The van der Waals surface area contributed by atoms with Gasteiger partial charge in [-0.3, -0.25) is 4.98 Å². The second-order valence-electron chi connectivity index (χ2n) is 3.70. The highest BCUT2D eigenvalue weighted by Crippen LogP contribution is 2.16. The first-order chi connectivity index (χ1) is 8.40. The summed E-state index contributed by atoms with van der Waals surface area (Å²) >= 11 is 0. The highest BCUT2D eigenvalue weighted by Gasteiger charge is 2.07. The van der Waals surface area contributed by atoms with Crippen molar-refractivity contribution in [3.8, 4) is 11.5 Å². The summed E-state index contributed by atoms with van der Waals surface area (Å²) in [5.41, 5.74) is 0.859. The molecule has 0 radical (unpaired) electrons. The molecule has 2 rings (SSSR count). The summed E-state index contributed by atoms with van der Waals surface area (Å²) in [6, 6.07) is 3.76. The first-order valence-electron chi connectivity index (χ1n) is 5.83. The largest absolute Gasteiger partial charge is 0.421 e. The Morgan fingerprint density at radius 3 is 3.06 bits per heavy atom. The normalized spacial score (nSPS) is 10.6. The van der Waals surface area contributed by atoms with Crippen LogP contribution in [0.15, 0.2) is 28.9 Å². The van der Waals surface area contributed by atoms with Gasteiger partial charge in [-0.25, -0.2) is 0 Å². The van der Waals surface area contributed by atoms with Crippen molar-refractivity contribution in [2.75, 3.05) is 13.1 Å². The van der Waals surface area contributed by atoms with Crippen molar-refractivity contribution in [2.24, 2.45) is 0 Å². The number of rotatable bonds is 6. The zero-order chi connectivity index (χ0) is 11.9. The molecule has 0 saturated carbocycles. The van der Waals surface area contributed by atoms with Gasteiger partial charge in [-0.1, -0.05) is 6.92 Å². The summed E-state index contributed by atoms with van der Waals surface area (Å²) in [6.07, 6.45) is 5.25. The summed E-state index contributed by atoms with van der Waals surface area (Å²) in [5.74, 6) is 1.22. The molecule has 0 aromatic carbocycles. The molecule has 0 aliphatic heterocycles. The highest BCUT2D eigenvalue weighted by molar-refractivity contribution is 5.49. The van der Waals surface area contributed by atoms with Crippen LogP contribution in [-0.4, -0.2) is 28.3 Å². The highest BCUT2D eigenvalue weighted by atomic mass is 16.4. The van der Waals surface area contributed by atoms with E-state index in [0.717, 1.165) is 31.5 Å². The quantitative estimate of drug-likeness (QED) is 0.767. The van der Waals surface area contributed by atoms with Crippen LogP contribution < -0.4 is 5.32 Å². The third-order valence-corrected chi connectivity index (χ3v) is 2.37. The molecule has 0 spiro atoms. The summed E-state index contributed by atoms with van der Waals surface area (Å²) in [7, 11) is 0. The lowest BCUT2D eigenvalue weighted by molar-refractivity contribution is 0.492. The maximum absolute atomic E-state index is 5.56. The van der Waals surface area contributed by atoms with E-state index < -0.39 is 0 Å². The molecule has 0 bridgehead atoms. The molecule has 0 amide bonds. The van der Waals surface area contributed by atoms with Gasteiger partial charge < -0.3 is 9.73 Å². The minimum atomic E-state index is 0.538. The van der Waals surface area contributed by atoms with Crippen LogP contribution in [0.3, 0.4) is 0 Å². The molecular weight excluding hydrogens is 216 g/mol. The van der Waals surface area contributed by atoms with Gasteiger partial charge in [0, 0.05) is 18.8 Å². The average Bonchev–Trinajstić information content (AvgIpc) is 2.85. The number of hydrogen-bond donors (Lipinski definition) is 1. The molecule has 0 saturated heterocycles.